The Hall–Kier alpha value is -0.740. The van der Waals surface area contributed by atoms with Gasteiger partial charge >= 0.3 is 5.82 Å². The van der Waals surface area contributed by atoms with E-state index in [2.05, 4.69) is 8.83 Å². The highest BCUT2D eigenvalue weighted by Crippen LogP contribution is 2.08. The van der Waals surface area contributed by atoms with Crippen LogP contribution in [0.5, 0.6) is 0 Å². The second-order valence-corrected chi connectivity index (χ2v) is 2.77. The molecule has 1 aromatic rings. The van der Waals surface area contributed by atoms with Crippen LogP contribution >= 0.6 is 11.8 Å². The van der Waals surface area contributed by atoms with Gasteiger partial charge in [-0.2, -0.15) is 0 Å². The van der Waals surface area contributed by atoms with Crippen molar-refractivity contribution in [3.63, 3.8) is 0 Å². The van der Waals surface area contributed by atoms with Crippen molar-refractivity contribution < 1.29 is 8.83 Å². The first-order valence-corrected chi connectivity index (χ1v) is 3.39. The normalized spacial score (nSPS) is 10.9. The summed E-state index contributed by atoms with van der Waals surface area (Å²) in [6.45, 7) is 2.01. The standard InChI is InChI=1S/C6H8ClNO3/c1-4-5(3-8(2)7)11-6(9)10-4/h3H2,1-2H3. The van der Waals surface area contributed by atoms with Crippen LogP contribution < -0.4 is 5.82 Å². The van der Waals surface area contributed by atoms with E-state index in [0.29, 0.717) is 18.1 Å². The monoisotopic (exact) mass is 177 g/mol. The first-order chi connectivity index (χ1) is 5.09. The lowest BCUT2D eigenvalue weighted by Gasteiger charge is -2.01. The van der Waals surface area contributed by atoms with E-state index in [4.69, 9.17) is 11.8 Å². The summed E-state index contributed by atoms with van der Waals surface area (Å²) in [7, 11) is 1.66. The summed E-state index contributed by atoms with van der Waals surface area (Å²) in [6, 6.07) is 0. The van der Waals surface area contributed by atoms with E-state index in [-0.39, 0.29) is 0 Å². The van der Waals surface area contributed by atoms with Crippen molar-refractivity contribution in [1.82, 2.24) is 4.42 Å². The second-order valence-electron chi connectivity index (χ2n) is 2.20. The third kappa shape index (κ3) is 2.10. The van der Waals surface area contributed by atoms with Crippen LogP contribution in [0.1, 0.15) is 11.5 Å². The molecule has 11 heavy (non-hydrogen) atoms. The molecule has 0 saturated carbocycles. The summed E-state index contributed by atoms with van der Waals surface area (Å²) >= 11 is 5.52. The first kappa shape index (κ1) is 8.36. The fourth-order valence-corrected chi connectivity index (χ4v) is 0.825. The van der Waals surface area contributed by atoms with Gasteiger partial charge in [0.15, 0.2) is 5.76 Å². The van der Waals surface area contributed by atoms with Crippen molar-refractivity contribution in [2.24, 2.45) is 0 Å². The van der Waals surface area contributed by atoms with Crippen LogP contribution in [0.15, 0.2) is 13.6 Å². The highest BCUT2D eigenvalue weighted by Gasteiger charge is 2.08. The average Bonchev–Trinajstić information content (AvgIpc) is 2.09. The summed E-state index contributed by atoms with van der Waals surface area (Å²) in [4.78, 5) is 10.5. The minimum atomic E-state index is -0.684. The van der Waals surface area contributed by atoms with Gasteiger partial charge in [0.25, 0.3) is 0 Å². The Morgan fingerprint density at radius 3 is 2.55 bits per heavy atom. The smallest absolute Gasteiger partial charge is 0.396 e. The summed E-state index contributed by atoms with van der Waals surface area (Å²) in [5, 5.41) is 0. The van der Waals surface area contributed by atoms with Crippen molar-refractivity contribution in [1.29, 1.82) is 0 Å². The van der Waals surface area contributed by atoms with Gasteiger partial charge in [0.05, 0.1) is 6.54 Å². The van der Waals surface area contributed by atoms with Crippen molar-refractivity contribution in [2.75, 3.05) is 7.05 Å². The van der Waals surface area contributed by atoms with Crippen LogP contribution in [0, 0.1) is 6.92 Å². The van der Waals surface area contributed by atoms with E-state index in [0.717, 1.165) is 0 Å². The fourth-order valence-electron chi connectivity index (χ4n) is 0.717. The largest absolute Gasteiger partial charge is 0.519 e. The SMILES string of the molecule is Cc1oc(=O)oc1CN(C)Cl. The summed E-state index contributed by atoms with van der Waals surface area (Å²) in [5.41, 5.74) is 0. The Morgan fingerprint density at radius 1 is 1.55 bits per heavy atom. The van der Waals surface area contributed by atoms with Crippen LogP contribution in [0.4, 0.5) is 0 Å². The molecular formula is C6H8ClNO3. The quantitative estimate of drug-likeness (QED) is 0.636. The average molecular weight is 178 g/mol. The molecule has 0 spiro atoms. The van der Waals surface area contributed by atoms with Crippen LogP contribution in [-0.2, 0) is 6.54 Å². The number of nitrogens with zero attached hydrogens (tertiary/aromatic N) is 1. The highest BCUT2D eigenvalue weighted by molar-refractivity contribution is 6.13. The maximum absolute atomic E-state index is 10.5. The van der Waals surface area contributed by atoms with Crippen LogP contribution in [0.3, 0.4) is 0 Å². The minimum absolute atomic E-state index is 0.360. The maximum Gasteiger partial charge on any atom is 0.519 e. The van der Waals surface area contributed by atoms with Gasteiger partial charge in [-0.25, -0.2) is 9.21 Å². The van der Waals surface area contributed by atoms with Gasteiger partial charge in [-0.1, -0.05) is 0 Å². The van der Waals surface area contributed by atoms with E-state index in [1.54, 1.807) is 14.0 Å². The lowest BCUT2D eigenvalue weighted by Crippen LogP contribution is -2.04. The first-order valence-electron chi connectivity index (χ1n) is 3.06. The Labute approximate surface area is 68.5 Å². The molecule has 1 rings (SSSR count). The molecule has 0 atom stereocenters. The van der Waals surface area contributed by atoms with Gasteiger partial charge in [0, 0.05) is 7.05 Å². The molecule has 0 aliphatic heterocycles. The van der Waals surface area contributed by atoms with E-state index in [9.17, 15) is 4.79 Å². The molecule has 0 N–H and O–H groups in total. The molecule has 1 aromatic heterocycles. The Morgan fingerprint density at radius 2 is 2.18 bits per heavy atom. The number of rotatable bonds is 2. The number of hydrogen-bond donors (Lipinski definition) is 0. The lowest BCUT2D eigenvalue weighted by atomic mass is 10.4. The Kier molecular flexibility index (Phi) is 2.36. The zero-order valence-corrected chi connectivity index (χ0v) is 7.01. The molecular weight excluding hydrogens is 170 g/mol. The molecule has 0 aliphatic rings. The fraction of sp³-hybridized carbons (Fsp3) is 0.500. The van der Waals surface area contributed by atoms with Crippen LogP contribution in [0.25, 0.3) is 0 Å². The molecule has 0 saturated heterocycles. The molecule has 0 aromatic carbocycles. The molecule has 0 amide bonds. The molecule has 1 heterocycles. The lowest BCUT2D eigenvalue weighted by molar-refractivity contribution is 0.356. The topological polar surface area (TPSA) is 46.6 Å². The molecule has 0 bridgehead atoms. The number of halogens is 1. The van der Waals surface area contributed by atoms with Crippen LogP contribution in [-0.4, -0.2) is 11.5 Å². The van der Waals surface area contributed by atoms with E-state index < -0.39 is 5.82 Å². The van der Waals surface area contributed by atoms with E-state index in [1.807, 2.05) is 0 Å². The van der Waals surface area contributed by atoms with Crippen molar-refractivity contribution in [3.05, 3.63) is 22.1 Å². The minimum Gasteiger partial charge on any atom is -0.396 e. The predicted molar refractivity (Wildman–Crippen MR) is 39.3 cm³/mol. The number of hydrogen-bond acceptors (Lipinski definition) is 4. The third-order valence-corrected chi connectivity index (χ3v) is 1.32. The van der Waals surface area contributed by atoms with Gasteiger partial charge in [-0.15, -0.1) is 0 Å². The molecule has 5 heteroatoms. The third-order valence-electron chi connectivity index (χ3n) is 1.20. The van der Waals surface area contributed by atoms with Crippen molar-refractivity contribution >= 4 is 11.8 Å². The van der Waals surface area contributed by atoms with E-state index >= 15 is 0 Å². The predicted octanol–water partition coefficient (Wildman–Crippen LogP) is 1.13. The van der Waals surface area contributed by atoms with Gasteiger partial charge in [0.1, 0.15) is 5.76 Å². The number of aryl methyl sites for hydroxylation is 1. The molecule has 0 fully saturated rings. The summed E-state index contributed by atoms with van der Waals surface area (Å²) in [6.07, 6.45) is 0. The van der Waals surface area contributed by atoms with Crippen molar-refractivity contribution in [2.45, 2.75) is 13.5 Å². The van der Waals surface area contributed by atoms with Crippen molar-refractivity contribution in [3.8, 4) is 0 Å². The second kappa shape index (κ2) is 3.11. The zero-order valence-electron chi connectivity index (χ0n) is 6.26. The maximum atomic E-state index is 10.5. The van der Waals surface area contributed by atoms with Gasteiger partial charge in [-0.05, 0) is 18.7 Å². The zero-order chi connectivity index (χ0) is 8.43. The molecule has 0 radical (unpaired) electrons. The molecule has 0 aliphatic carbocycles. The summed E-state index contributed by atoms with van der Waals surface area (Å²) < 4.78 is 10.7. The Balaban J connectivity index is 2.86. The molecule has 0 unspecified atom stereocenters. The van der Waals surface area contributed by atoms with Gasteiger partial charge < -0.3 is 8.83 Å². The highest BCUT2D eigenvalue weighted by atomic mass is 35.5. The summed E-state index contributed by atoms with van der Waals surface area (Å²) in [5.74, 6) is 0.256. The van der Waals surface area contributed by atoms with Crippen LogP contribution in [0.2, 0.25) is 0 Å². The van der Waals surface area contributed by atoms with Gasteiger partial charge in [0.2, 0.25) is 0 Å². The van der Waals surface area contributed by atoms with E-state index in [1.165, 1.54) is 4.42 Å². The molecule has 4 nitrogen and oxygen atoms in total. The Bertz CT molecular complexity index is 288. The molecule has 62 valence electrons. The van der Waals surface area contributed by atoms with Gasteiger partial charge in [-0.3, -0.25) is 0 Å².